The van der Waals surface area contributed by atoms with Gasteiger partial charge in [0.1, 0.15) is 22.7 Å². The number of pyridine rings is 1. The highest BCUT2D eigenvalue weighted by molar-refractivity contribution is 9.10. The topological polar surface area (TPSA) is 105 Å². The third kappa shape index (κ3) is 6.24. The minimum absolute atomic E-state index is 0.156. The van der Waals surface area contributed by atoms with Crippen molar-refractivity contribution in [2.24, 2.45) is 0 Å². The Labute approximate surface area is 221 Å². The second-order valence-corrected chi connectivity index (χ2v) is 10.8. The number of hydrogen-bond donors (Lipinski definition) is 3. The molecule has 0 fully saturated rings. The Morgan fingerprint density at radius 2 is 1.89 bits per heavy atom. The van der Waals surface area contributed by atoms with Crippen LogP contribution in [0.2, 0.25) is 0 Å². The molecule has 3 aromatic heterocycles. The first-order valence-corrected chi connectivity index (χ1v) is 13.0. The molecule has 0 saturated heterocycles. The number of nitrogens with zero attached hydrogens (tertiary/aromatic N) is 1. The number of ether oxygens (including phenoxy) is 2. The number of carbonyl (C=O) groups excluding carboxylic acids is 2. The third-order valence-electron chi connectivity index (χ3n) is 5.03. The van der Waals surface area contributed by atoms with Gasteiger partial charge in [0.05, 0.1) is 15.9 Å². The van der Waals surface area contributed by atoms with E-state index in [1.54, 1.807) is 27.0 Å². The maximum Gasteiger partial charge on any atom is 0.407 e. The first kappa shape index (κ1) is 25.7. The number of hydrogen-bond acceptors (Lipinski definition) is 6. The van der Waals surface area contributed by atoms with Crippen LogP contribution in [0.5, 0.6) is 5.75 Å². The molecule has 0 aliphatic heterocycles. The minimum Gasteiger partial charge on any atom is -0.489 e. The average Bonchev–Trinajstić information content (AvgIpc) is 3.44. The fourth-order valence-corrected chi connectivity index (χ4v) is 5.48. The number of rotatable bonds is 8. The van der Waals surface area contributed by atoms with Gasteiger partial charge in [-0.25, -0.2) is 9.78 Å². The molecule has 36 heavy (non-hydrogen) atoms. The Balaban J connectivity index is 1.56. The van der Waals surface area contributed by atoms with E-state index in [4.69, 9.17) is 9.47 Å². The van der Waals surface area contributed by atoms with Gasteiger partial charge in [0.15, 0.2) is 5.75 Å². The number of aromatic nitrogens is 2. The highest BCUT2D eigenvalue weighted by atomic mass is 79.9. The lowest BCUT2D eigenvalue weighted by Gasteiger charge is -2.19. The van der Waals surface area contributed by atoms with Gasteiger partial charge >= 0.3 is 6.09 Å². The molecule has 1 aromatic carbocycles. The Morgan fingerprint density at radius 3 is 2.64 bits per heavy atom. The summed E-state index contributed by atoms with van der Waals surface area (Å²) < 4.78 is 12.0. The van der Waals surface area contributed by atoms with Gasteiger partial charge in [0.2, 0.25) is 0 Å². The van der Waals surface area contributed by atoms with Crippen molar-refractivity contribution in [2.75, 3.05) is 13.2 Å². The SMILES string of the molecule is CC(C)(C)OC(=O)NCCOc1c(C(=O)NCc2ccccc2)sc(-c2ccnc3[nH]ccc23)c1Br. The number of H-pyrrole nitrogens is 1. The van der Waals surface area contributed by atoms with Crippen molar-refractivity contribution >= 4 is 50.3 Å². The summed E-state index contributed by atoms with van der Waals surface area (Å²) in [6, 6.07) is 13.6. The second-order valence-electron chi connectivity index (χ2n) is 8.95. The Morgan fingerprint density at radius 1 is 1.11 bits per heavy atom. The van der Waals surface area contributed by atoms with Gasteiger partial charge < -0.3 is 25.1 Å². The van der Waals surface area contributed by atoms with Crippen LogP contribution in [0.3, 0.4) is 0 Å². The van der Waals surface area contributed by atoms with Crippen molar-refractivity contribution in [1.29, 1.82) is 0 Å². The molecule has 188 valence electrons. The van der Waals surface area contributed by atoms with Gasteiger partial charge in [-0.1, -0.05) is 30.3 Å². The zero-order valence-electron chi connectivity index (χ0n) is 20.2. The number of thiophene rings is 1. The van der Waals surface area contributed by atoms with Crippen LogP contribution in [-0.4, -0.2) is 40.7 Å². The first-order chi connectivity index (χ1) is 17.2. The standard InChI is InChI=1S/C26H27BrN4O4S/c1-26(2,3)35-25(33)30-13-14-34-20-19(27)21(17-9-11-28-23-18(17)10-12-29-23)36-22(20)24(32)31-15-16-7-5-4-6-8-16/h4-12H,13-15H2,1-3H3,(H,28,29)(H,30,33)(H,31,32). The molecule has 0 atom stereocenters. The van der Waals surface area contributed by atoms with Crippen molar-refractivity contribution in [3.63, 3.8) is 0 Å². The van der Waals surface area contributed by atoms with Crippen LogP contribution < -0.4 is 15.4 Å². The molecule has 0 aliphatic rings. The molecule has 0 spiro atoms. The summed E-state index contributed by atoms with van der Waals surface area (Å²) in [5.41, 5.74) is 2.09. The van der Waals surface area contributed by atoms with Crippen LogP contribution in [0.25, 0.3) is 21.5 Å². The van der Waals surface area contributed by atoms with Crippen LogP contribution >= 0.6 is 27.3 Å². The van der Waals surface area contributed by atoms with Crippen LogP contribution in [0.1, 0.15) is 36.0 Å². The van der Waals surface area contributed by atoms with Crippen molar-refractivity contribution < 1.29 is 19.1 Å². The molecule has 0 aliphatic carbocycles. The van der Waals surface area contributed by atoms with Crippen molar-refractivity contribution in [1.82, 2.24) is 20.6 Å². The zero-order valence-corrected chi connectivity index (χ0v) is 22.6. The van der Waals surface area contributed by atoms with Gasteiger partial charge in [-0.15, -0.1) is 11.3 Å². The van der Waals surface area contributed by atoms with Crippen LogP contribution in [-0.2, 0) is 11.3 Å². The van der Waals surface area contributed by atoms with E-state index in [0.717, 1.165) is 27.0 Å². The molecule has 10 heteroatoms. The number of halogens is 1. The van der Waals surface area contributed by atoms with Crippen LogP contribution in [0, 0.1) is 0 Å². The van der Waals surface area contributed by atoms with E-state index in [0.29, 0.717) is 21.6 Å². The number of fused-ring (bicyclic) bond motifs is 1. The Hall–Kier alpha value is -3.37. The molecular formula is C26H27BrN4O4S. The highest BCUT2D eigenvalue weighted by Crippen LogP contribution is 2.47. The monoisotopic (exact) mass is 570 g/mol. The molecule has 0 bridgehead atoms. The number of benzene rings is 1. The molecule has 2 amide bonds. The van der Waals surface area contributed by atoms with E-state index >= 15 is 0 Å². The first-order valence-electron chi connectivity index (χ1n) is 11.4. The number of nitrogens with one attached hydrogen (secondary N) is 3. The predicted octanol–water partition coefficient (Wildman–Crippen LogP) is 5.89. The normalized spacial score (nSPS) is 11.3. The third-order valence-corrected chi connectivity index (χ3v) is 7.25. The van der Waals surface area contributed by atoms with Gasteiger partial charge in [-0.2, -0.15) is 0 Å². The molecule has 0 saturated carbocycles. The summed E-state index contributed by atoms with van der Waals surface area (Å²) in [7, 11) is 0. The summed E-state index contributed by atoms with van der Waals surface area (Å²) in [6.07, 6.45) is 3.03. The quantitative estimate of drug-likeness (QED) is 0.229. The predicted molar refractivity (Wildman–Crippen MR) is 144 cm³/mol. The van der Waals surface area contributed by atoms with Gasteiger partial charge in [0, 0.05) is 29.9 Å². The van der Waals surface area contributed by atoms with Gasteiger partial charge in [-0.3, -0.25) is 4.79 Å². The largest absolute Gasteiger partial charge is 0.489 e. The van der Waals surface area contributed by atoms with E-state index in [1.165, 1.54) is 11.3 Å². The molecule has 0 radical (unpaired) electrons. The van der Waals surface area contributed by atoms with E-state index in [9.17, 15) is 9.59 Å². The van der Waals surface area contributed by atoms with E-state index < -0.39 is 11.7 Å². The minimum atomic E-state index is -0.589. The molecule has 3 heterocycles. The fraction of sp³-hybridized carbons (Fsp3) is 0.269. The van der Waals surface area contributed by atoms with E-state index in [-0.39, 0.29) is 19.1 Å². The fourth-order valence-electron chi connectivity index (χ4n) is 3.49. The molecule has 3 N–H and O–H groups in total. The second kappa shape index (κ2) is 11.1. The molecule has 0 unspecified atom stereocenters. The van der Waals surface area contributed by atoms with Gasteiger partial charge in [0.25, 0.3) is 5.91 Å². The summed E-state index contributed by atoms with van der Waals surface area (Å²) in [4.78, 5) is 33.9. The highest BCUT2D eigenvalue weighted by Gasteiger charge is 2.25. The lowest BCUT2D eigenvalue weighted by atomic mass is 10.1. The summed E-state index contributed by atoms with van der Waals surface area (Å²) >= 11 is 5.00. The number of alkyl carbamates (subject to hydrolysis) is 1. The van der Waals surface area contributed by atoms with Gasteiger partial charge in [-0.05, 0) is 54.4 Å². The Kier molecular flexibility index (Phi) is 7.95. The summed E-state index contributed by atoms with van der Waals surface area (Å²) in [6.45, 7) is 6.16. The van der Waals surface area contributed by atoms with Crippen LogP contribution in [0.15, 0.2) is 59.3 Å². The maximum atomic E-state index is 13.2. The smallest absolute Gasteiger partial charge is 0.407 e. The molecule has 4 aromatic rings. The summed E-state index contributed by atoms with van der Waals surface area (Å²) in [5, 5.41) is 6.59. The Bertz CT molecular complexity index is 1360. The average molecular weight is 571 g/mol. The van der Waals surface area contributed by atoms with Crippen molar-refractivity contribution in [3.05, 3.63) is 69.8 Å². The maximum absolute atomic E-state index is 13.2. The van der Waals surface area contributed by atoms with Crippen LogP contribution in [0.4, 0.5) is 4.79 Å². The number of amides is 2. The lowest BCUT2D eigenvalue weighted by molar-refractivity contribution is 0.0519. The zero-order chi connectivity index (χ0) is 25.7. The number of carbonyl (C=O) groups is 2. The molecule has 4 rings (SSSR count). The van der Waals surface area contributed by atoms with E-state index in [1.807, 2.05) is 48.7 Å². The molecular weight excluding hydrogens is 544 g/mol. The van der Waals surface area contributed by atoms with Crippen molar-refractivity contribution in [3.8, 4) is 16.2 Å². The lowest BCUT2D eigenvalue weighted by Crippen LogP contribution is -2.34. The van der Waals surface area contributed by atoms with E-state index in [2.05, 4.69) is 36.5 Å². The molecule has 8 nitrogen and oxygen atoms in total. The summed E-state index contributed by atoms with van der Waals surface area (Å²) in [5.74, 6) is 0.178. The van der Waals surface area contributed by atoms with Crippen molar-refractivity contribution in [2.45, 2.75) is 32.9 Å². The number of aromatic amines is 1.